The quantitative estimate of drug-likeness (QED) is 0.107. The van der Waals surface area contributed by atoms with Crippen LogP contribution in [-0.4, -0.2) is 49.0 Å². The summed E-state index contributed by atoms with van der Waals surface area (Å²) in [4.78, 5) is 29.6. The second kappa shape index (κ2) is 14.5. The Morgan fingerprint density at radius 1 is 0.894 bits per heavy atom. The van der Waals surface area contributed by atoms with Crippen LogP contribution < -0.4 is 5.32 Å². The van der Waals surface area contributed by atoms with Crippen molar-refractivity contribution in [3.8, 4) is 33.7 Å². The molecular weight excluding hydrogens is 608 g/mol. The largest absolute Gasteiger partial charge is 0.481 e. The number of halogens is 2. The van der Waals surface area contributed by atoms with Crippen LogP contribution in [0.15, 0.2) is 89.7 Å². The van der Waals surface area contributed by atoms with Gasteiger partial charge in [0.25, 0.3) is 5.91 Å². The van der Waals surface area contributed by atoms with Crippen molar-refractivity contribution >= 4 is 17.6 Å². The molecule has 2 heterocycles. The SMILES string of the molecule is CC(C)n1c(CC[C@@H](O)C[C@@H](O)CC(=O)O)c(-c2ccc(F)cc2)c(-c2ccc(F)cc2)c1C(=O)Nc1cccc(-c2ncco2)c1. The first-order valence-electron chi connectivity index (χ1n) is 15.2. The van der Waals surface area contributed by atoms with Gasteiger partial charge in [0.15, 0.2) is 0 Å². The molecule has 5 aromatic rings. The summed E-state index contributed by atoms with van der Waals surface area (Å²) in [6, 6.07) is 18.3. The summed E-state index contributed by atoms with van der Waals surface area (Å²) in [6.07, 6.45) is 0.373. The van der Waals surface area contributed by atoms with E-state index in [1.165, 1.54) is 36.7 Å². The molecule has 3 aromatic carbocycles. The number of carbonyl (C=O) groups excluding carboxylic acids is 1. The van der Waals surface area contributed by atoms with Crippen molar-refractivity contribution in [2.45, 2.75) is 57.8 Å². The van der Waals surface area contributed by atoms with Crippen LogP contribution in [0.25, 0.3) is 33.7 Å². The van der Waals surface area contributed by atoms with Crippen molar-refractivity contribution in [3.63, 3.8) is 0 Å². The van der Waals surface area contributed by atoms with Gasteiger partial charge in [-0.15, -0.1) is 0 Å². The number of carboxylic acid groups (broad SMARTS) is 1. The fourth-order valence-corrected chi connectivity index (χ4v) is 5.81. The highest BCUT2D eigenvalue weighted by Crippen LogP contribution is 2.43. The fraction of sp³-hybridized carbons (Fsp3) is 0.250. The number of anilines is 1. The second-order valence-corrected chi connectivity index (χ2v) is 11.6. The molecule has 0 bridgehead atoms. The third-order valence-electron chi connectivity index (χ3n) is 7.77. The number of benzene rings is 3. The van der Waals surface area contributed by atoms with Crippen molar-refractivity contribution in [2.24, 2.45) is 0 Å². The first-order valence-corrected chi connectivity index (χ1v) is 15.2. The van der Waals surface area contributed by atoms with E-state index < -0.39 is 42.1 Å². The van der Waals surface area contributed by atoms with Crippen molar-refractivity contribution in [3.05, 3.63) is 108 Å². The third kappa shape index (κ3) is 7.82. The van der Waals surface area contributed by atoms with Crippen molar-refractivity contribution in [1.29, 1.82) is 0 Å². The van der Waals surface area contributed by atoms with Crippen LogP contribution in [-0.2, 0) is 11.2 Å². The van der Waals surface area contributed by atoms with Crippen LogP contribution in [0.4, 0.5) is 14.5 Å². The maximum Gasteiger partial charge on any atom is 0.305 e. The maximum absolute atomic E-state index is 14.4. The summed E-state index contributed by atoms with van der Waals surface area (Å²) >= 11 is 0. The molecule has 5 rings (SSSR count). The number of nitrogens with one attached hydrogen (secondary N) is 1. The van der Waals surface area contributed by atoms with Crippen LogP contribution >= 0.6 is 0 Å². The predicted octanol–water partition coefficient (Wildman–Crippen LogP) is 7.11. The molecule has 0 spiro atoms. The molecule has 0 unspecified atom stereocenters. The zero-order chi connectivity index (χ0) is 33.7. The highest BCUT2D eigenvalue weighted by molar-refractivity contribution is 6.11. The van der Waals surface area contributed by atoms with Gasteiger partial charge >= 0.3 is 5.97 Å². The maximum atomic E-state index is 14.4. The molecule has 0 saturated carbocycles. The molecule has 1 amide bonds. The molecule has 0 aliphatic heterocycles. The molecule has 0 fully saturated rings. The Morgan fingerprint density at radius 3 is 2.11 bits per heavy atom. The number of aliphatic hydroxyl groups is 2. The number of aliphatic carboxylic acids is 1. The van der Waals surface area contributed by atoms with E-state index in [4.69, 9.17) is 9.52 Å². The Labute approximate surface area is 270 Å². The molecule has 47 heavy (non-hydrogen) atoms. The van der Waals surface area contributed by atoms with E-state index in [0.29, 0.717) is 45.1 Å². The van der Waals surface area contributed by atoms with Gasteiger partial charge in [0.1, 0.15) is 23.6 Å². The predicted molar refractivity (Wildman–Crippen MR) is 173 cm³/mol. The number of nitrogens with zero attached hydrogens (tertiary/aromatic N) is 2. The summed E-state index contributed by atoms with van der Waals surface area (Å²) in [5, 5.41) is 32.9. The topological polar surface area (TPSA) is 138 Å². The summed E-state index contributed by atoms with van der Waals surface area (Å²) < 4.78 is 35.6. The van der Waals surface area contributed by atoms with E-state index in [1.54, 1.807) is 48.5 Å². The first-order chi connectivity index (χ1) is 22.5. The Bertz CT molecular complexity index is 1830. The average molecular weight is 644 g/mol. The van der Waals surface area contributed by atoms with E-state index in [0.717, 1.165) is 0 Å². The lowest BCUT2D eigenvalue weighted by Gasteiger charge is -2.20. The van der Waals surface area contributed by atoms with Crippen LogP contribution in [0.2, 0.25) is 0 Å². The lowest BCUT2D eigenvalue weighted by Crippen LogP contribution is -2.22. The molecule has 9 nitrogen and oxygen atoms in total. The van der Waals surface area contributed by atoms with Crippen molar-refractivity contribution in [2.75, 3.05) is 5.32 Å². The van der Waals surface area contributed by atoms with Gasteiger partial charge in [-0.3, -0.25) is 9.59 Å². The van der Waals surface area contributed by atoms with Crippen LogP contribution in [0, 0.1) is 11.6 Å². The van der Waals surface area contributed by atoms with Crippen LogP contribution in [0.3, 0.4) is 0 Å². The van der Waals surface area contributed by atoms with Crippen LogP contribution in [0.5, 0.6) is 0 Å². The number of aromatic nitrogens is 2. The number of hydrogen-bond acceptors (Lipinski definition) is 6. The normalized spacial score (nSPS) is 12.7. The smallest absolute Gasteiger partial charge is 0.305 e. The Kier molecular flexibility index (Phi) is 10.3. The van der Waals surface area contributed by atoms with Crippen molar-refractivity contribution in [1.82, 2.24) is 9.55 Å². The average Bonchev–Trinajstić information content (AvgIpc) is 3.68. The number of rotatable bonds is 13. The fourth-order valence-electron chi connectivity index (χ4n) is 5.81. The highest BCUT2D eigenvalue weighted by atomic mass is 19.1. The minimum Gasteiger partial charge on any atom is -0.481 e. The molecule has 2 atom stereocenters. The molecular formula is C36H35F2N3O6. The number of carboxylic acids is 1. The van der Waals surface area contributed by atoms with E-state index in [2.05, 4.69) is 10.3 Å². The molecule has 0 aliphatic rings. The molecule has 4 N–H and O–H groups in total. The van der Waals surface area contributed by atoms with Gasteiger partial charge in [-0.05, 0) is 86.7 Å². The molecule has 2 aromatic heterocycles. The second-order valence-electron chi connectivity index (χ2n) is 11.6. The standard InChI is InChI=1S/C36H35F2N3O6/c1-21(2)41-30(15-14-28(42)19-29(43)20-31(44)45)32(22-6-10-25(37)11-7-22)33(23-8-12-26(38)13-9-23)34(41)35(46)40-27-5-3-4-24(18-27)36-39-16-17-47-36/h3-13,16-18,21,28-29,42-43H,14-15,19-20H2,1-2H3,(H,40,46)(H,44,45)/t28-,29-/m1/s1. The number of aliphatic hydroxyl groups excluding tert-OH is 2. The van der Waals surface area contributed by atoms with Crippen molar-refractivity contribution < 1.29 is 38.1 Å². The first kappa shape index (κ1) is 33.2. The molecule has 0 saturated heterocycles. The number of carbonyl (C=O) groups is 2. The summed E-state index contributed by atoms with van der Waals surface area (Å²) in [5.41, 5.74) is 4.27. The van der Waals surface area contributed by atoms with E-state index >= 15 is 0 Å². The van der Waals surface area contributed by atoms with Gasteiger partial charge in [0.05, 0.1) is 24.8 Å². The number of amides is 1. The van der Waals surface area contributed by atoms with E-state index in [-0.39, 0.29) is 31.0 Å². The monoisotopic (exact) mass is 643 g/mol. The summed E-state index contributed by atoms with van der Waals surface area (Å²) in [5.74, 6) is -2.17. The highest BCUT2D eigenvalue weighted by Gasteiger charge is 2.31. The van der Waals surface area contributed by atoms with Gasteiger partial charge < -0.3 is 29.6 Å². The van der Waals surface area contributed by atoms with Gasteiger partial charge in [-0.25, -0.2) is 13.8 Å². The van der Waals surface area contributed by atoms with Crippen LogP contribution in [0.1, 0.15) is 55.3 Å². The van der Waals surface area contributed by atoms with Gasteiger partial charge in [-0.1, -0.05) is 30.3 Å². The minimum atomic E-state index is -1.24. The summed E-state index contributed by atoms with van der Waals surface area (Å²) in [6.45, 7) is 3.80. The summed E-state index contributed by atoms with van der Waals surface area (Å²) in [7, 11) is 0. The third-order valence-corrected chi connectivity index (χ3v) is 7.77. The van der Waals surface area contributed by atoms with E-state index in [9.17, 15) is 28.6 Å². The van der Waals surface area contributed by atoms with Gasteiger partial charge in [-0.2, -0.15) is 0 Å². The van der Waals surface area contributed by atoms with Gasteiger partial charge in [0.2, 0.25) is 5.89 Å². The zero-order valence-electron chi connectivity index (χ0n) is 25.9. The number of hydrogen-bond donors (Lipinski definition) is 4. The zero-order valence-corrected chi connectivity index (χ0v) is 25.9. The number of oxazole rings is 1. The molecule has 0 radical (unpaired) electrons. The Balaban J connectivity index is 1.66. The Morgan fingerprint density at radius 2 is 1.53 bits per heavy atom. The van der Waals surface area contributed by atoms with Gasteiger partial charge in [0, 0.05) is 34.1 Å². The Hall–Kier alpha value is -5.13. The minimum absolute atomic E-state index is 0.129. The molecule has 0 aliphatic carbocycles. The molecule has 244 valence electrons. The van der Waals surface area contributed by atoms with E-state index in [1.807, 2.05) is 18.4 Å². The lowest BCUT2D eigenvalue weighted by atomic mass is 9.92. The lowest BCUT2D eigenvalue weighted by molar-refractivity contribution is -0.139. The molecule has 11 heteroatoms.